The van der Waals surface area contributed by atoms with Crippen molar-refractivity contribution in [1.82, 2.24) is 20.3 Å². The summed E-state index contributed by atoms with van der Waals surface area (Å²) >= 11 is 0. The number of hydrogen-bond acceptors (Lipinski definition) is 4. The van der Waals surface area contributed by atoms with Crippen molar-refractivity contribution in [2.45, 2.75) is 63.5 Å². The Morgan fingerprint density at radius 1 is 1.26 bits per heavy atom. The van der Waals surface area contributed by atoms with Crippen LogP contribution in [0.4, 0.5) is 0 Å². The Morgan fingerprint density at radius 2 is 1.96 bits per heavy atom. The summed E-state index contributed by atoms with van der Waals surface area (Å²) in [6.07, 6.45) is 9.26. The second kappa shape index (κ2) is 7.15. The summed E-state index contributed by atoms with van der Waals surface area (Å²) in [6, 6.07) is 9.79. The summed E-state index contributed by atoms with van der Waals surface area (Å²) in [5.74, 6) is 0.275. The Balaban J connectivity index is 1.58. The first kappa shape index (κ1) is 17.7. The van der Waals surface area contributed by atoms with Gasteiger partial charge in [0.05, 0.1) is 18.3 Å². The first-order chi connectivity index (χ1) is 13.1. The fourth-order valence-corrected chi connectivity index (χ4v) is 3.97. The number of rotatable bonds is 5. The maximum atomic E-state index is 12.8. The Labute approximate surface area is 159 Å². The second-order valence-corrected chi connectivity index (χ2v) is 7.95. The maximum absolute atomic E-state index is 12.8. The van der Waals surface area contributed by atoms with Crippen molar-refractivity contribution in [2.24, 2.45) is 5.92 Å². The van der Waals surface area contributed by atoms with Crippen molar-refractivity contribution in [3.05, 3.63) is 47.3 Å². The van der Waals surface area contributed by atoms with E-state index in [9.17, 15) is 10.1 Å². The van der Waals surface area contributed by atoms with Crippen LogP contribution in [0.5, 0.6) is 0 Å². The molecule has 0 radical (unpaired) electrons. The Morgan fingerprint density at radius 3 is 2.59 bits per heavy atom. The van der Waals surface area contributed by atoms with Gasteiger partial charge in [0.25, 0.3) is 5.91 Å². The molecule has 2 aliphatic carbocycles. The molecule has 2 saturated carbocycles. The van der Waals surface area contributed by atoms with E-state index in [4.69, 9.17) is 0 Å². The summed E-state index contributed by atoms with van der Waals surface area (Å²) in [5.41, 5.74) is 2.03. The van der Waals surface area contributed by atoms with Gasteiger partial charge in [-0.1, -0.05) is 42.2 Å². The highest BCUT2D eigenvalue weighted by molar-refractivity contribution is 5.94. The zero-order valence-corrected chi connectivity index (χ0v) is 15.7. The number of amides is 1. The third-order valence-corrected chi connectivity index (χ3v) is 5.92. The van der Waals surface area contributed by atoms with E-state index in [1.54, 1.807) is 4.68 Å². The first-order valence-corrected chi connectivity index (χ1v) is 9.83. The van der Waals surface area contributed by atoms with E-state index in [0.717, 1.165) is 36.9 Å². The van der Waals surface area contributed by atoms with Crippen molar-refractivity contribution in [2.75, 3.05) is 0 Å². The van der Waals surface area contributed by atoms with Gasteiger partial charge in [-0.15, -0.1) is 5.10 Å². The molecule has 1 amide bonds. The molecule has 1 atom stereocenters. The third kappa shape index (κ3) is 3.59. The van der Waals surface area contributed by atoms with Crippen LogP contribution < -0.4 is 5.32 Å². The second-order valence-electron chi connectivity index (χ2n) is 7.95. The number of hydrogen-bond donors (Lipinski definition) is 1. The van der Waals surface area contributed by atoms with Gasteiger partial charge in [-0.3, -0.25) is 4.79 Å². The molecular weight excluding hydrogens is 338 g/mol. The molecule has 6 heteroatoms. The minimum Gasteiger partial charge on any atom is -0.343 e. The number of carbonyl (C=O) groups excluding carboxylic acids is 1. The molecule has 0 bridgehead atoms. The predicted molar refractivity (Wildman–Crippen MR) is 101 cm³/mol. The van der Waals surface area contributed by atoms with Crippen LogP contribution in [0, 0.1) is 24.2 Å². The van der Waals surface area contributed by atoms with Gasteiger partial charge >= 0.3 is 0 Å². The number of carbonyl (C=O) groups is 1. The molecule has 1 aromatic carbocycles. The summed E-state index contributed by atoms with van der Waals surface area (Å²) in [7, 11) is 0. The van der Waals surface area contributed by atoms with Gasteiger partial charge in [0.2, 0.25) is 0 Å². The van der Waals surface area contributed by atoms with Crippen LogP contribution >= 0.6 is 0 Å². The van der Waals surface area contributed by atoms with Crippen molar-refractivity contribution in [1.29, 1.82) is 5.26 Å². The minimum atomic E-state index is -0.524. The molecule has 27 heavy (non-hydrogen) atoms. The zero-order valence-electron chi connectivity index (χ0n) is 15.7. The van der Waals surface area contributed by atoms with Crippen LogP contribution in [-0.4, -0.2) is 20.9 Å². The van der Waals surface area contributed by atoms with Gasteiger partial charge < -0.3 is 5.32 Å². The summed E-state index contributed by atoms with van der Waals surface area (Å²) < 4.78 is 1.69. The summed E-state index contributed by atoms with van der Waals surface area (Å²) in [4.78, 5) is 12.8. The van der Waals surface area contributed by atoms with E-state index >= 15 is 0 Å². The van der Waals surface area contributed by atoms with E-state index in [-0.39, 0.29) is 11.9 Å². The van der Waals surface area contributed by atoms with Gasteiger partial charge in [-0.2, -0.15) is 5.26 Å². The minimum absolute atomic E-state index is 0.0819. The quantitative estimate of drug-likeness (QED) is 0.879. The van der Waals surface area contributed by atoms with Gasteiger partial charge in [-0.05, 0) is 50.7 Å². The molecule has 6 nitrogen and oxygen atoms in total. The van der Waals surface area contributed by atoms with Gasteiger partial charge in [0.15, 0.2) is 5.54 Å². The number of nitriles is 1. The van der Waals surface area contributed by atoms with E-state index in [0.29, 0.717) is 11.5 Å². The monoisotopic (exact) mass is 363 g/mol. The van der Waals surface area contributed by atoms with E-state index < -0.39 is 5.54 Å². The van der Waals surface area contributed by atoms with E-state index in [2.05, 4.69) is 21.7 Å². The standard InChI is InChI=1S/C21H25N5O/c1-15-7-9-17(10-8-15)20(27)23-19(16-5-3-2-4-6-16)18-13-26(25-24-18)21(14-22)11-12-21/h7-10,13,16,19H,2-6,11-12H2,1H3,(H,23,27)/t19-/m0/s1. The van der Waals surface area contributed by atoms with Crippen LogP contribution in [0.15, 0.2) is 30.5 Å². The first-order valence-electron chi connectivity index (χ1n) is 9.83. The molecule has 140 valence electrons. The Bertz CT molecular complexity index is 853. The summed E-state index contributed by atoms with van der Waals surface area (Å²) in [5, 5.41) is 21.2. The fourth-order valence-electron chi connectivity index (χ4n) is 3.97. The molecule has 1 heterocycles. The van der Waals surface area contributed by atoms with E-state index in [1.807, 2.05) is 37.4 Å². The molecule has 0 aliphatic heterocycles. The Kier molecular flexibility index (Phi) is 4.69. The van der Waals surface area contributed by atoms with Gasteiger partial charge in [0.1, 0.15) is 5.69 Å². The highest BCUT2D eigenvalue weighted by atomic mass is 16.1. The highest BCUT2D eigenvalue weighted by Gasteiger charge is 2.47. The topological polar surface area (TPSA) is 83.6 Å². The molecule has 4 rings (SSSR count). The lowest BCUT2D eigenvalue weighted by atomic mass is 9.82. The predicted octanol–water partition coefficient (Wildman–Crippen LogP) is 3.65. The van der Waals surface area contributed by atoms with Crippen molar-refractivity contribution >= 4 is 5.91 Å². The van der Waals surface area contributed by atoms with Crippen molar-refractivity contribution < 1.29 is 4.79 Å². The van der Waals surface area contributed by atoms with Gasteiger partial charge in [-0.25, -0.2) is 4.68 Å². The average molecular weight is 363 g/mol. The van der Waals surface area contributed by atoms with Crippen LogP contribution in [0.3, 0.4) is 0 Å². The number of nitrogens with zero attached hydrogens (tertiary/aromatic N) is 4. The number of aryl methyl sites for hydroxylation is 1. The summed E-state index contributed by atoms with van der Waals surface area (Å²) in [6.45, 7) is 2.01. The molecule has 2 fully saturated rings. The van der Waals surface area contributed by atoms with Gasteiger partial charge in [0, 0.05) is 5.56 Å². The number of benzene rings is 1. The molecular formula is C21H25N5O. The van der Waals surface area contributed by atoms with Crippen LogP contribution in [0.1, 0.15) is 72.6 Å². The maximum Gasteiger partial charge on any atom is 0.251 e. The molecule has 2 aromatic rings. The lowest BCUT2D eigenvalue weighted by Crippen LogP contribution is -2.34. The van der Waals surface area contributed by atoms with Crippen molar-refractivity contribution in [3.8, 4) is 6.07 Å². The number of nitrogens with one attached hydrogen (secondary N) is 1. The molecule has 0 unspecified atom stereocenters. The number of aromatic nitrogens is 3. The largest absolute Gasteiger partial charge is 0.343 e. The lowest BCUT2D eigenvalue weighted by Gasteiger charge is -2.29. The average Bonchev–Trinajstić information content (AvgIpc) is 3.36. The highest BCUT2D eigenvalue weighted by Crippen LogP contribution is 2.42. The fraction of sp³-hybridized carbons (Fsp3) is 0.524. The normalized spacial score (nSPS) is 19.9. The van der Waals surface area contributed by atoms with Crippen molar-refractivity contribution in [3.63, 3.8) is 0 Å². The van der Waals surface area contributed by atoms with Crippen LogP contribution in [0.2, 0.25) is 0 Å². The molecule has 1 N–H and O–H groups in total. The molecule has 1 aromatic heterocycles. The smallest absolute Gasteiger partial charge is 0.251 e. The Hall–Kier alpha value is -2.68. The van der Waals surface area contributed by atoms with E-state index in [1.165, 1.54) is 19.3 Å². The van der Waals surface area contributed by atoms with Crippen LogP contribution in [-0.2, 0) is 5.54 Å². The molecule has 0 saturated heterocycles. The zero-order chi connectivity index (χ0) is 18.9. The molecule has 2 aliphatic rings. The molecule has 0 spiro atoms. The lowest BCUT2D eigenvalue weighted by molar-refractivity contribution is 0.0911. The SMILES string of the molecule is Cc1ccc(C(=O)N[C@H](c2cn(C3(C#N)CC3)nn2)C2CCCCC2)cc1. The van der Waals surface area contributed by atoms with Crippen LogP contribution in [0.25, 0.3) is 0 Å². The third-order valence-electron chi connectivity index (χ3n) is 5.92.